The number of carbonyl (C=O) groups excluding carboxylic acids is 1. The molecular weight excluding hydrogens is 525 g/mol. The summed E-state index contributed by atoms with van der Waals surface area (Å²) in [5, 5.41) is 2.72. The fourth-order valence-electron chi connectivity index (χ4n) is 7.04. The van der Waals surface area contributed by atoms with Gasteiger partial charge >= 0.3 is 0 Å². The summed E-state index contributed by atoms with van der Waals surface area (Å²) in [5.74, 6) is 1.37. The van der Waals surface area contributed by atoms with Crippen molar-refractivity contribution in [2.45, 2.75) is 90.6 Å². The lowest BCUT2D eigenvalue weighted by molar-refractivity contribution is -0.114. The fourth-order valence-corrected chi connectivity index (χ4v) is 13.0. The van der Waals surface area contributed by atoms with E-state index in [-0.39, 0.29) is 28.0 Å². The van der Waals surface area contributed by atoms with E-state index in [1.54, 1.807) is 0 Å². The molecule has 1 saturated carbocycles. The second-order valence-electron chi connectivity index (χ2n) is 14.9. The molecule has 0 aliphatic heterocycles. The van der Waals surface area contributed by atoms with Crippen LogP contribution in [0.15, 0.2) is 72.8 Å². The quantitative estimate of drug-likeness (QED) is 0.175. The molecule has 2 aliphatic rings. The van der Waals surface area contributed by atoms with Crippen LogP contribution < -0.4 is 10.4 Å². The van der Waals surface area contributed by atoms with Gasteiger partial charge in [-0.3, -0.25) is 0 Å². The number of hydrogen-bond acceptors (Lipinski definition) is 3. The van der Waals surface area contributed by atoms with Gasteiger partial charge in [0.2, 0.25) is 0 Å². The summed E-state index contributed by atoms with van der Waals surface area (Å²) in [6.07, 6.45) is 8.10. The van der Waals surface area contributed by atoms with Crippen LogP contribution in [0.4, 0.5) is 0 Å². The molecule has 2 aliphatic carbocycles. The zero-order valence-corrected chi connectivity index (χ0v) is 28.3. The maximum Gasteiger partial charge on any atom is 0.261 e. The van der Waals surface area contributed by atoms with Gasteiger partial charge < -0.3 is 13.6 Å². The standard InChI is InChI=1S/C35H52O3Si2/c1-26-24-31-30(33(26)38-39(8,9)34(2,3)4)21-20-27(32(31)25-36)22-23-37-40(35(5,6)7,28-16-12-10-13-17-28)29-18-14-11-15-19-29/h10-21,25-27,30-33H,22-24H2,1-9H3/t26-,27+,30+,31-,32+,33-/m1/s1. The molecular formula is C35H52O3Si2. The first-order valence-corrected chi connectivity index (χ1v) is 20.1. The number of hydrogen-bond donors (Lipinski definition) is 0. The zero-order valence-electron chi connectivity index (χ0n) is 26.3. The maximum atomic E-state index is 12.6. The average Bonchev–Trinajstić information content (AvgIpc) is 3.20. The van der Waals surface area contributed by atoms with Gasteiger partial charge in [0.15, 0.2) is 8.32 Å². The van der Waals surface area contributed by atoms with Gasteiger partial charge in [0.1, 0.15) is 6.29 Å². The largest absolute Gasteiger partial charge is 0.413 e. The van der Waals surface area contributed by atoms with Crippen LogP contribution in [0.25, 0.3) is 0 Å². The van der Waals surface area contributed by atoms with E-state index in [2.05, 4.69) is 134 Å². The van der Waals surface area contributed by atoms with Gasteiger partial charge in [-0.15, -0.1) is 0 Å². The number of rotatable bonds is 9. The number of allylic oxidation sites excluding steroid dienone is 1. The molecule has 0 saturated heterocycles. The molecule has 218 valence electrons. The Morgan fingerprint density at radius 1 is 0.850 bits per heavy atom. The molecule has 0 unspecified atom stereocenters. The molecule has 0 N–H and O–H groups in total. The van der Waals surface area contributed by atoms with Crippen molar-refractivity contribution in [1.29, 1.82) is 0 Å². The van der Waals surface area contributed by atoms with Gasteiger partial charge in [-0.2, -0.15) is 0 Å². The van der Waals surface area contributed by atoms with Crippen LogP contribution in [-0.4, -0.2) is 35.6 Å². The summed E-state index contributed by atoms with van der Waals surface area (Å²) in [5.41, 5.74) is 0. The van der Waals surface area contributed by atoms with Crippen LogP contribution in [0.5, 0.6) is 0 Å². The lowest BCUT2D eigenvalue weighted by atomic mass is 9.71. The Kier molecular flexibility index (Phi) is 9.21. The predicted molar refractivity (Wildman–Crippen MR) is 173 cm³/mol. The van der Waals surface area contributed by atoms with E-state index in [0.29, 0.717) is 24.4 Å². The van der Waals surface area contributed by atoms with E-state index in [1.165, 1.54) is 16.7 Å². The van der Waals surface area contributed by atoms with Crippen molar-refractivity contribution in [2.24, 2.45) is 29.6 Å². The molecule has 0 spiro atoms. The van der Waals surface area contributed by atoms with Gasteiger partial charge in [0.05, 0.1) is 6.10 Å². The van der Waals surface area contributed by atoms with Gasteiger partial charge in [-0.25, -0.2) is 0 Å². The summed E-state index contributed by atoms with van der Waals surface area (Å²) >= 11 is 0. The summed E-state index contributed by atoms with van der Waals surface area (Å²) in [7, 11) is -4.49. The Morgan fingerprint density at radius 3 is 1.88 bits per heavy atom. The van der Waals surface area contributed by atoms with Crippen LogP contribution in [0, 0.1) is 29.6 Å². The Morgan fingerprint density at radius 2 is 1.40 bits per heavy atom. The molecule has 5 heteroatoms. The predicted octanol–water partition coefficient (Wildman–Crippen LogP) is 7.62. The van der Waals surface area contributed by atoms with Crippen molar-refractivity contribution < 1.29 is 13.6 Å². The first-order chi connectivity index (χ1) is 18.7. The highest BCUT2D eigenvalue weighted by molar-refractivity contribution is 6.99. The summed E-state index contributed by atoms with van der Waals surface area (Å²) in [6, 6.07) is 21.7. The SMILES string of the molecule is C[C@@H]1C[C@H]2[C@@H](C=O)[C@H](CCO[Si](c3ccccc3)(c3ccccc3)C(C)(C)C)C=C[C@@H]2[C@@H]1O[Si](C)(C)C(C)(C)C. The summed E-state index contributed by atoms with van der Waals surface area (Å²) in [4.78, 5) is 12.6. The lowest BCUT2D eigenvalue weighted by Gasteiger charge is -2.44. The summed E-state index contributed by atoms with van der Waals surface area (Å²) in [6.45, 7) is 21.6. The summed E-state index contributed by atoms with van der Waals surface area (Å²) < 4.78 is 14.2. The molecule has 4 rings (SSSR count). The third kappa shape index (κ3) is 5.90. The van der Waals surface area contributed by atoms with E-state index in [9.17, 15) is 4.79 Å². The van der Waals surface area contributed by atoms with E-state index < -0.39 is 16.6 Å². The van der Waals surface area contributed by atoms with Crippen molar-refractivity contribution in [3.63, 3.8) is 0 Å². The van der Waals surface area contributed by atoms with Crippen LogP contribution in [0.2, 0.25) is 23.2 Å². The van der Waals surface area contributed by atoms with Crippen LogP contribution in [0.3, 0.4) is 0 Å². The fraction of sp³-hybridized carbons (Fsp3) is 0.571. The van der Waals surface area contributed by atoms with Crippen LogP contribution in [0.1, 0.15) is 61.3 Å². The third-order valence-corrected chi connectivity index (χ3v) is 19.7. The van der Waals surface area contributed by atoms with E-state index in [1.807, 2.05) is 0 Å². The minimum atomic E-state index is -2.59. The van der Waals surface area contributed by atoms with Crippen LogP contribution in [-0.2, 0) is 13.6 Å². The molecule has 0 radical (unpaired) electrons. The number of benzene rings is 2. The van der Waals surface area contributed by atoms with E-state index in [0.717, 1.165) is 12.8 Å². The molecule has 2 aromatic carbocycles. The number of fused-ring (bicyclic) bond motifs is 1. The maximum absolute atomic E-state index is 12.6. The molecule has 2 aromatic rings. The topological polar surface area (TPSA) is 35.5 Å². The van der Waals surface area contributed by atoms with Crippen molar-refractivity contribution in [1.82, 2.24) is 0 Å². The Hall–Kier alpha value is -1.80. The zero-order chi connectivity index (χ0) is 29.3. The number of carbonyl (C=O) groups is 1. The molecule has 0 bridgehead atoms. The highest BCUT2D eigenvalue weighted by Crippen LogP contribution is 2.51. The minimum Gasteiger partial charge on any atom is -0.413 e. The van der Waals surface area contributed by atoms with Crippen LogP contribution >= 0.6 is 0 Å². The third-order valence-electron chi connectivity index (χ3n) is 10.2. The monoisotopic (exact) mass is 576 g/mol. The van der Waals surface area contributed by atoms with Gasteiger partial charge in [0.25, 0.3) is 8.32 Å². The Bertz CT molecular complexity index is 1110. The molecule has 40 heavy (non-hydrogen) atoms. The molecule has 0 heterocycles. The normalized spacial score (nSPS) is 27.4. The second kappa shape index (κ2) is 11.8. The smallest absolute Gasteiger partial charge is 0.261 e. The minimum absolute atomic E-state index is 0.0215. The van der Waals surface area contributed by atoms with Gasteiger partial charge in [-0.1, -0.05) is 121 Å². The van der Waals surface area contributed by atoms with Crippen molar-refractivity contribution in [3.8, 4) is 0 Å². The molecule has 0 aromatic heterocycles. The van der Waals surface area contributed by atoms with Crippen molar-refractivity contribution in [2.75, 3.05) is 6.61 Å². The van der Waals surface area contributed by atoms with E-state index in [4.69, 9.17) is 8.85 Å². The van der Waals surface area contributed by atoms with Gasteiger partial charge in [0, 0.05) is 18.4 Å². The first kappa shape index (κ1) is 31.1. The van der Waals surface area contributed by atoms with Crippen molar-refractivity contribution >= 4 is 33.3 Å². The molecule has 0 amide bonds. The molecule has 3 nitrogen and oxygen atoms in total. The highest BCUT2D eigenvalue weighted by Gasteiger charge is 2.52. The first-order valence-electron chi connectivity index (χ1n) is 15.3. The molecule has 6 atom stereocenters. The van der Waals surface area contributed by atoms with Crippen molar-refractivity contribution in [3.05, 3.63) is 72.8 Å². The van der Waals surface area contributed by atoms with E-state index >= 15 is 0 Å². The number of aldehydes is 1. The lowest BCUT2D eigenvalue weighted by Crippen LogP contribution is -2.66. The van der Waals surface area contributed by atoms with Gasteiger partial charge in [-0.05, 0) is 64.1 Å². The highest BCUT2D eigenvalue weighted by atomic mass is 28.4. The Labute approximate surface area is 246 Å². The molecule has 1 fully saturated rings. The average molecular weight is 577 g/mol. The second-order valence-corrected chi connectivity index (χ2v) is 23.9. The Balaban J connectivity index is 1.56.